The normalized spacial score (nSPS) is 34.8. The molecule has 1 amide bonds. The van der Waals surface area contributed by atoms with E-state index in [4.69, 9.17) is 14.2 Å². The number of piperazine rings is 1. The van der Waals surface area contributed by atoms with Crippen LogP contribution in [-0.2, 0) is 19.0 Å². The standard InChI is InChI=1S/C41H69N2O8.HI/c1-8-34(45)31(5)39-35(49-39)26-28(2)14-13-15-29(3)38-30(4)18-19-36(41(6,48)21-20-33(44)27-37(46)51-38)50-40(47)42-22-24-43(7,25-23-42)32-16-11-9-10-12-17-32;/h13-15,18-19,28,30-36,38-39,44-45,48H,8-12,16-17,20-27H2,1-7H3;1H/q+1;/p-1/b14-13+,19-18+,29-15+;/t28-,30+,31-,33-,34+,35-,36+,38-,39-,41-;/m1./s1. The molecule has 52 heavy (non-hydrogen) atoms. The van der Waals surface area contributed by atoms with Crippen molar-refractivity contribution in [3.8, 4) is 0 Å². The van der Waals surface area contributed by atoms with E-state index < -0.39 is 36.0 Å². The number of allylic oxidation sites excluding steroid dienone is 3. The molecule has 0 bridgehead atoms. The van der Waals surface area contributed by atoms with Crippen molar-refractivity contribution in [2.45, 2.75) is 160 Å². The second kappa shape index (κ2) is 20.4. The summed E-state index contributed by atoms with van der Waals surface area (Å²) in [6.45, 7) is 14.6. The summed E-state index contributed by atoms with van der Waals surface area (Å²) in [4.78, 5) is 28.3. The number of carbonyl (C=O) groups is 2. The summed E-state index contributed by atoms with van der Waals surface area (Å²) >= 11 is 0. The minimum atomic E-state index is -1.45. The largest absolute Gasteiger partial charge is 1.00 e. The number of aliphatic hydroxyl groups is 3. The van der Waals surface area contributed by atoms with Gasteiger partial charge in [0.25, 0.3) is 0 Å². The summed E-state index contributed by atoms with van der Waals surface area (Å²) in [6, 6.07) is 0.646. The lowest BCUT2D eigenvalue weighted by Gasteiger charge is -2.47. The van der Waals surface area contributed by atoms with E-state index in [1.54, 1.807) is 17.9 Å². The number of quaternary nitrogens is 1. The first-order chi connectivity index (χ1) is 24.1. The molecular weight excluding hydrogens is 775 g/mol. The molecule has 3 N–H and O–H groups in total. The van der Waals surface area contributed by atoms with Crippen molar-refractivity contribution in [2.75, 3.05) is 33.2 Å². The van der Waals surface area contributed by atoms with Gasteiger partial charge in [0.05, 0.1) is 70.1 Å². The molecule has 0 aromatic rings. The summed E-state index contributed by atoms with van der Waals surface area (Å²) in [7, 11) is 2.33. The molecule has 1 aliphatic carbocycles. The van der Waals surface area contributed by atoms with E-state index in [9.17, 15) is 24.9 Å². The van der Waals surface area contributed by atoms with Gasteiger partial charge in [-0.1, -0.05) is 64.8 Å². The smallest absolute Gasteiger partial charge is 0.410 e. The zero-order valence-electron chi connectivity index (χ0n) is 32.9. The van der Waals surface area contributed by atoms with Gasteiger partial charge in [-0.15, -0.1) is 0 Å². The number of hydrogen-bond acceptors (Lipinski definition) is 8. The number of hydrogen-bond donors (Lipinski definition) is 3. The lowest BCUT2D eigenvalue weighted by molar-refractivity contribution is -0.937. The highest BCUT2D eigenvalue weighted by Crippen LogP contribution is 2.36. The molecule has 0 unspecified atom stereocenters. The number of aliphatic hydroxyl groups excluding tert-OH is 2. The van der Waals surface area contributed by atoms with Gasteiger partial charge in [0.1, 0.15) is 11.7 Å². The molecule has 0 spiro atoms. The molecule has 3 fully saturated rings. The van der Waals surface area contributed by atoms with Crippen molar-refractivity contribution in [1.29, 1.82) is 0 Å². The Hall–Kier alpha value is -1.51. The van der Waals surface area contributed by atoms with E-state index in [-0.39, 0.29) is 79.3 Å². The quantitative estimate of drug-likeness (QED) is 0.0583. The van der Waals surface area contributed by atoms with Gasteiger partial charge in [-0.2, -0.15) is 0 Å². The summed E-state index contributed by atoms with van der Waals surface area (Å²) in [5.74, 6) is -0.432. The first-order valence-corrected chi connectivity index (χ1v) is 19.9. The number of likely N-dealkylation sites (N-methyl/N-ethyl adjacent to an activating group) is 1. The van der Waals surface area contributed by atoms with Crippen LogP contribution in [0.1, 0.15) is 112 Å². The summed E-state index contributed by atoms with van der Waals surface area (Å²) in [6.07, 6.45) is 15.9. The van der Waals surface area contributed by atoms with Crippen LogP contribution in [0, 0.1) is 17.8 Å². The summed E-state index contributed by atoms with van der Waals surface area (Å²) in [5.41, 5.74) is -0.619. The predicted molar refractivity (Wildman–Crippen MR) is 199 cm³/mol. The third-order valence-electron chi connectivity index (χ3n) is 12.3. The molecular formula is C41H69IN2O8. The molecule has 4 rings (SSSR count). The number of cyclic esters (lactones) is 1. The highest BCUT2D eigenvalue weighted by atomic mass is 127. The molecule has 2 saturated heterocycles. The zero-order valence-corrected chi connectivity index (χ0v) is 35.1. The van der Waals surface area contributed by atoms with Gasteiger partial charge in [0, 0.05) is 11.8 Å². The molecule has 4 aliphatic rings. The average Bonchev–Trinajstić information content (AvgIpc) is 3.90. The van der Waals surface area contributed by atoms with Gasteiger partial charge >= 0.3 is 12.1 Å². The Balaban J connectivity index is 0.00000729. The predicted octanol–water partition coefficient (Wildman–Crippen LogP) is 3.08. The molecule has 1 saturated carbocycles. The minimum absolute atomic E-state index is 0. The highest BCUT2D eigenvalue weighted by molar-refractivity contribution is 5.70. The molecule has 11 heteroatoms. The first-order valence-electron chi connectivity index (χ1n) is 19.9. The number of esters is 1. The van der Waals surface area contributed by atoms with Gasteiger partial charge in [-0.05, 0) is 82.8 Å². The van der Waals surface area contributed by atoms with Crippen LogP contribution < -0.4 is 24.0 Å². The Bertz CT molecular complexity index is 1220. The van der Waals surface area contributed by atoms with Crippen molar-refractivity contribution >= 4 is 12.1 Å². The van der Waals surface area contributed by atoms with Gasteiger partial charge in [0.2, 0.25) is 0 Å². The fourth-order valence-corrected chi connectivity index (χ4v) is 8.32. The van der Waals surface area contributed by atoms with E-state index in [0.29, 0.717) is 25.6 Å². The molecule has 3 aliphatic heterocycles. The van der Waals surface area contributed by atoms with E-state index in [2.05, 4.69) is 20.0 Å². The van der Waals surface area contributed by atoms with Crippen LogP contribution in [0.2, 0.25) is 0 Å². The van der Waals surface area contributed by atoms with Crippen molar-refractivity contribution in [3.63, 3.8) is 0 Å². The highest BCUT2D eigenvalue weighted by Gasteiger charge is 2.45. The maximum absolute atomic E-state index is 13.6. The Morgan fingerprint density at radius 2 is 1.79 bits per heavy atom. The van der Waals surface area contributed by atoms with E-state index in [1.807, 2.05) is 45.9 Å². The van der Waals surface area contributed by atoms with Crippen molar-refractivity contribution in [2.24, 2.45) is 17.8 Å². The van der Waals surface area contributed by atoms with Gasteiger partial charge in [-0.3, -0.25) is 9.69 Å². The molecule has 298 valence electrons. The van der Waals surface area contributed by atoms with E-state index in [1.165, 1.54) is 38.5 Å². The van der Waals surface area contributed by atoms with Gasteiger partial charge in [-0.25, -0.2) is 4.79 Å². The second-order valence-corrected chi connectivity index (χ2v) is 16.8. The van der Waals surface area contributed by atoms with Crippen molar-refractivity contribution in [3.05, 3.63) is 36.0 Å². The fraction of sp³-hybridized carbons (Fsp3) is 0.805. The van der Waals surface area contributed by atoms with E-state index >= 15 is 0 Å². The molecule has 3 heterocycles. The Kier molecular flexibility index (Phi) is 17.6. The van der Waals surface area contributed by atoms with Crippen LogP contribution >= 0.6 is 0 Å². The number of epoxide rings is 1. The fourth-order valence-electron chi connectivity index (χ4n) is 8.32. The third-order valence-corrected chi connectivity index (χ3v) is 12.3. The number of rotatable bonds is 10. The number of nitrogens with zero attached hydrogens (tertiary/aromatic N) is 2. The monoisotopic (exact) mass is 844 g/mol. The van der Waals surface area contributed by atoms with Crippen LogP contribution in [0.3, 0.4) is 0 Å². The van der Waals surface area contributed by atoms with E-state index in [0.717, 1.165) is 29.6 Å². The Morgan fingerprint density at radius 1 is 1.13 bits per heavy atom. The Labute approximate surface area is 330 Å². The Morgan fingerprint density at radius 3 is 2.42 bits per heavy atom. The zero-order chi connectivity index (χ0) is 37.3. The first kappa shape index (κ1) is 44.9. The van der Waals surface area contributed by atoms with Gasteiger partial charge < -0.3 is 58.0 Å². The SMILES string of the molecule is CC[C@H](O)[C@@H](C)[C@H]1O[C@@H]1C[C@H](C)/C=C/C=C(\C)[C@H]1OC(=O)C[C@H](O)CC[C@@](C)(O)[C@@H](OC(=O)N2CC[N+](C)(C3CCCCCC3)CC2)/C=C/[C@@H]1C.[I-]. The lowest BCUT2D eigenvalue weighted by atomic mass is 9.88. The number of carbonyl (C=O) groups excluding carboxylic acids is 2. The number of halogens is 1. The molecule has 10 atom stereocenters. The van der Waals surface area contributed by atoms with Crippen LogP contribution in [0.5, 0.6) is 0 Å². The van der Waals surface area contributed by atoms with Crippen LogP contribution in [0.4, 0.5) is 4.79 Å². The molecule has 0 aromatic carbocycles. The molecule has 10 nitrogen and oxygen atoms in total. The topological polar surface area (TPSA) is 129 Å². The average molecular weight is 845 g/mol. The maximum atomic E-state index is 13.6. The maximum Gasteiger partial charge on any atom is 0.410 e. The number of amides is 1. The van der Waals surface area contributed by atoms with Crippen LogP contribution in [0.25, 0.3) is 0 Å². The van der Waals surface area contributed by atoms with Gasteiger partial charge in [0.15, 0.2) is 6.10 Å². The lowest BCUT2D eigenvalue weighted by Crippen LogP contribution is -3.00. The van der Waals surface area contributed by atoms with Crippen LogP contribution in [0.15, 0.2) is 36.0 Å². The van der Waals surface area contributed by atoms with Crippen molar-refractivity contribution in [1.82, 2.24) is 4.90 Å². The summed E-state index contributed by atoms with van der Waals surface area (Å²) < 4.78 is 18.9. The minimum Gasteiger partial charge on any atom is -1.00 e. The molecule has 0 aromatic heterocycles. The van der Waals surface area contributed by atoms with Crippen molar-refractivity contribution < 1.29 is 67.6 Å². The summed E-state index contributed by atoms with van der Waals surface area (Å²) in [5, 5.41) is 32.5. The third kappa shape index (κ3) is 12.8. The van der Waals surface area contributed by atoms with Crippen LogP contribution in [-0.4, -0.2) is 118 Å². The second-order valence-electron chi connectivity index (χ2n) is 16.8. The number of ether oxygens (including phenoxy) is 3. The molecule has 0 radical (unpaired) electrons.